The van der Waals surface area contributed by atoms with Crippen LogP contribution in [-0.2, 0) is 10.0 Å². The SMILES string of the molecule is Cc1cc2ccccc2nc1NCCNS(=O)(=O)c1cccs1. The van der Waals surface area contributed by atoms with Gasteiger partial charge in [-0.3, -0.25) is 0 Å². The average Bonchev–Trinajstić information content (AvgIpc) is 3.07. The van der Waals surface area contributed by atoms with E-state index in [-0.39, 0.29) is 0 Å². The Morgan fingerprint density at radius 2 is 1.96 bits per heavy atom. The fourth-order valence-corrected chi connectivity index (χ4v) is 4.32. The summed E-state index contributed by atoms with van der Waals surface area (Å²) in [6.07, 6.45) is 0. The predicted molar refractivity (Wildman–Crippen MR) is 94.5 cm³/mol. The second-order valence-corrected chi connectivity index (χ2v) is 8.04. The van der Waals surface area contributed by atoms with E-state index in [0.29, 0.717) is 17.3 Å². The molecule has 0 spiro atoms. The molecule has 0 aliphatic rings. The topological polar surface area (TPSA) is 71.1 Å². The molecule has 2 aromatic heterocycles. The van der Waals surface area contributed by atoms with Gasteiger partial charge < -0.3 is 5.32 Å². The highest BCUT2D eigenvalue weighted by Crippen LogP contribution is 2.19. The van der Waals surface area contributed by atoms with E-state index < -0.39 is 10.0 Å². The van der Waals surface area contributed by atoms with Crippen molar-refractivity contribution >= 4 is 38.1 Å². The molecule has 120 valence electrons. The second-order valence-electron chi connectivity index (χ2n) is 5.10. The number of thiophene rings is 1. The molecule has 0 bridgehead atoms. The van der Waals surface area contributed by atoms with Crippen molar-refractivity contribution in [3.05, 3.63) is 53.4 Å². The lowest BCUT2D eigenvalue weighted by molar-refractivity contribution is 0.585. The minimum atomic E-state index is -3.41. The number of fused-ring (bicyclic) bond motifs is 1. The lowest BCUT2D eigenvalue weighted by Gasteiger charge is -2.10. The summed E-state index contributed by atoms with van der Waals surface area (Å²) >= 11 is 1.20. The summed E-state index contributed by atoms with van der Waals surface area (Å²) in [5.74, 6) is 0.777. The Hall–Kier alpha value is -1.96. The van der Waals surface area contributed by atoms with Crippen molar-refractivity contribution in [1.82, 2.24) is 9.71 Å². The van der Waals surface area contributed by atoms with Crippen LogP contribution < -0.4 is 10.0 Å². The largest absolute Gasteiger partial charge is 0.369 e. The van der Waals surface area contributed by atoms with E-state index >= 15 is 0 Å². The molecule has 0 radical (unpaired) electrons. The molecule has 2 heterocycles. The van der Waals surface area contributed by atoms with Gasteiger partial charge in [-0.1, -0.05) is 24.3 Å². The zero-order valence-corrected chi connectivity index (χ0v) is 14.2. The van der Waals surface area contributed by atoms with E-state index in [0.717, 1.165) is 22.3 Å². The van der Waals surface area contributed by atoms with Crippen molar-refractivity contribution in [3.8, 4) is 0 Å². The minimum Gasteiger partial charge on any atom is -0.369 e. The number of aromatic nitrogens is 1. The lowest BCUT2D eigenvalue weighted by atomic mass is 10.1. The van der Waals surface area contributed by atoms with Crippen molar-refractivity contribution < 1.29 is 8.42 Å². The third kappa shape index (κ3) is 3.69. The summed E-state index contributed by atoms with van der Waals surface area (Å²) in [6, 6.07) is 13.3. The Bertz CT molecular complexity index is 906. The van der Waals surface area contributed by atoms with Gasteiger partial charge in [0.2, 0.25) is 10.0 Å². The molecule has 0 saturated heterocycles. The van der Waals surface area contributed by atoms with E-state index in [1.165, 1.54) is 11.3 Å². The molecule has 2 N–H and O–H groups in total. The van der Waals surface area contributed by atoms with Gasteiger partial charge >= 0.3 is 0 Å². The van der Waals surface area contributed by atoms with Gasteiger partial charge in [-0.25, -0.2) is 18.1 Å². The van der Waals surface area contributed by atoms with Crippen molar-refractivity contribution in [1.29, 1.82) is 0 Å². The van der Waals surface area contributed by atoms with Gasteiger partial charge in [-0.05, 0) is 36.1 Å². The number of hydrogen-bond donors (Lipinski definition) is 2. The number of aryl methyl sites for hydroxylation is 1. The number of pyridine rings is 1. The van der Waals surface area contributed by atoms with Crippen molar-refractivity contribution in [3.63, 3.8) is 0 Å². The van der Waals surface area contributed by atoms with Gasteiger partial charge in [0.1, 0.15) is 10.0 Å². The van der Waals surface area contributed by atoms with E-state index in [2.05, 4.69) is 21.1 Å². The number of nitrogens with one attached hydrogen (secondary N) is 2. The van der Waals surface area contributed by atoms with Crippen LogP contribution in [0.4, 0.5) is 5.82 Å². The summed E-state index contributed by atoms with van der Waals surface area (Å²) in [6.45, 7) is 2.75. The van der Waals surface area contributed by atoms with Crippen molar-refractivity contribution in [2.24, 2.45) is 0 Å². The Balaban J connectivity index is 1.62. The molecule has 0 fully saturated rings. The first-order valence-corrected chi connectivity index (χ1v) is 9.56. The molecule has 0 aliphatic heterocycles. The smallest absolute Gasteiger partial charge is 0.250 e. The summed E-state index contributed by atoms with van der Waals surface area (Å²) in [7, 11) is -3.41. The van der Waals surface area contributed by atoms with Crippen LogP contribution in [0, 0.1) is 6.92 Å². The van der Waals surface area contributed by atoms with Crippen LogP contribution in [0.15, 0.2) is 52.1 Å². The van der Waals surface area contributed by atoms with Crippen LogP contribution >= 0.6 is 11.3 Å². The Kier molecular flexibility index (Phi) is 4.61. The molecule has 5 nitrogen and oxygen atoms in total. The van der Waals surface area contributed by atoms with Gasteiger partial charge in [0.25, 0.3) is 0 Å². The standard InChI is InChI=1S/C16H17N3O2S2/c1-12-11-13-5-2-3-6-14(13)19-16(12)17-8-9-18-23(20,21)15-7-4-10-22-15/h2-7,10-11,18H,8-9H2,1H3,(H,17,19). The number of anilines is 1. The highest BCUT2D eigenvalue weighted by atomic mass is 32.2. The Morgan fingerprint density at radius 1 is 1.13 bits per heavy atom. The minimum absolute atomic E-state index is 0.300. The number of rotatable bonds is 6. The van der Waals surface area contributed by atoms with Crippen molar-refractivity contribution in [2.75, 3.05) is 18.4 Å². The Morgan fingerprint density at radius 3 is 2.74 bits per heavy atom. The number of benzene rings is 1. The fraction of sp³-hybridized carbons (Fsp3) is 0.188. The zero-order chi connectivity index (χ0) is 16.3. The quantitative estimate of drug-likeness (QED) is 0.673. The summed E-state index contributed by atoms with van der Waals surface area (Å²) in [4.78, 5) is 4.57. The van der Waals surface area contributed by atoms with E-state index in [9.17, 15) is 8.42 Å². The summed E-state index contributed by atoms with van der Waals surface area (Å²) in [5, 5.41) is 6.03. The molecule has 23 heavy (non-hydrogen) atoms. The molecule has 1 aromatic carbocycles. The first kappa shape index (κ1) is 15.9. The zero-order valence-electron chi connectivity index (χ0n) is 12.6. The third-order valence-electron chi connectivity index (χ3n) is 3.38. The van der Waals surface area contributed by atoms with E-state index in [1.54, 1.807) is 17.5 Å². The monoisotopic (exact) mass is 347 g/mol. The normalized spacial score (nSPS) is 11.7. The maximum Gasteiger partial charge on any atom is 0.250 e. The summed E-state index contributed by atoms with van der Waals surface area (Å²) in [5.41, 5.74) is 1.95. The molecule has 0 unspecified atom stereocenters. The van der Waals surface area contributed by atoms with Crippen LogP contribution in [0.25, 0.3) is 10.9 Å². The van der Waals surface area contributed by atoms with Crippen LogP contribution in [0.1, 0.15) is 5.56 Å². The van der Waals surface area contributed by atoms with E-state index in [4.69, 9.17) is 0 Å². The van der Waals surface area contributed by atoms with Gasteiger partial charge in [-0.2, -0.15) is 0 Å². The molecule has 0 atom stereocenters. The van der Waals surface area contributed by atoms with Gasteiger partial charge in [0.05, 0.1) is 5.52 Å². The molecule has 0 amide bonds. The highest BCUT2D eigenvalue weighted by molar-refractivity contribution is 7.91. The molecular weight excluding hydrogens is 330 g/mol. The Labute approximate surface area is 139 Å². The fourth-order valence-electron chi connectivity index (χ4n) is 2.25. The second kappa shape index (κ2) is 6.66. The number of hydrogen-bond acceptors (Lipinski definition) is 5. The third-order valence-corrected chi connectivity index (χ3v) is 6.24. The van der Waals surface area contributed by atoms with Crippen LogP contribution in [0.3, 0.4) is 0 Å². The first-order valence-electron chi connectivity index (χ1n) is 7.20. The molecular formula is C16H17N3O2S2. The maximum atomic E-state index is 12.0. The van der Waals surface area contributed by atoms with Gasteiger partial charge in [-0.15, -0.1) is 11.3 Å². The first-order chi connectivity index (χ1) is 11.1. The molecule has 0 aliphatic carbocycles. The molecule has 3 aromatic rings. The van der Waals surface area contributed by atoms with Gasteiger partial charge in [0, 0.05) is 18.5 Å². The van der Waals surface area contributed by atoms with Gasteiger partial charge in [0.15, 0.2) is 0 Å². The van der Waals surface area contributed by atoms with E-state index in [1.807, 2.05) is 31.2 Å². The predicted octanol–water partition coefficient (Wildman–Crippen LogP) is 3.00. The summed E-state index contributed by atoms with van der Waals surface area (Å²) < 4.78 is 26.9. The molecule has 7 heteroatoms. The van der Waals surface area contributed by atoms with Crippen molar-refractivity contribution in [2.45, 2.75) is 11.1 Å². The average molecular weight is 347 g/mol. The highest BCUT2D eigenvalue weighted by Gasteiger charge is 2.13. The number of nitrogens with zero attached hydrogens (tertiary/aromatic N) is 1. The number of para-hydroxylation sites is 1. The lowest BCUT2D eigenvalue weighted by Crippen LogP contribution is -2.28. The maximum absolute atomic E-state index is 12.0. The molecule has 0 saturated carbocycles. The van der Waals surface area contributed by atoms with Crippen LogP contribution in [0.2, 0.25) is 0 Å². The molecule has 3 rings (SSSR count). The van der Waals surface area contributed by atoms with Crippen LogP contribution in [0.5, 0.6) is 0 Å². The number of sulfonamides is 1. The van der Waals surface area contributed by atoms with Crippen LogP contribution in [-0.4, -0.2) is 26.5 Å².